The molecule has 1 aromatic heterocycles. The van der Waals surface area contributed by atoms with Crippen molar-refractivity contribution < 1.29 is 13.3 Å². The van der Waals surface area contributed by atoms with Gasteiger partial charge in [-0.15, -0.1) is 23.1 Å². The fraction of sp³-hybridized carbons (Fsp3) is 0.600. The van der Waals surface area contributed by atoms with E-state index in [4.69, 9.17) is 13.3 Å². The van der Waals surface area contributed by atoms with E-state index < -0.39 is 8.80 Å². The molecule has 1 aromatic rings. The lowest BCUT2D eigenvalue weighted by atomic mass is 10.6. The van der Waals surface area contributed by atoms with Gasteiger partial charge in [0, 0.05) is 27.4 Å². The van der Waals surface area contributed by atoms with Gasteiger partial charge in [-0.25, -0.2) is 0 Å². The molecule has 0 saturated carbocycles. The second-order valence-electron chi connectivity index (χ2n) is 3.18. The summed E-state index contributed by atoms with van der Waals surface area (Å²) >= 11 is 3.65. The smallest absolute Gasteiger partial charge is 0.377 e. The van der Waals surface area contributed by atoms with Crippen molar-refractivity contribution in [3.05, 3.63) is 17.5 Å². The lowest BCUT2D eigenvalue weighted by Crippen LogP contribution is -2.42. The number of thioether (sulfide) groups is 1. The van der Waals surface area contributed by atoms with Crippen LogP contribution in [-0.2, 0) is 13.3 Å². The first-order chi connectivity index (χ1) is 7.76. The highest BCUT2D eigenvalue weighted by Gasteiger charge is 2.36. The first-order valence-electron chi connectivity index (χ1n) is 5.08. The zero-order valence-corrected chi connectivity index (χ0v) is 12.5. The molecule has 16 heavy (non-hydrogen) atoms. The average molecular weight is 278 g/mol. The van der Waals surface area contributed by atoms with Crippen LogP contribution in [0.15, 0.2) is 21.7 Å². The summed E-state index contributed by atoms with van der Waals surface area (Å²) in [6, 6.07) is 5.09. The summed E-state index contributed by atoms with van der Waals surface area (Å²) in [5, 5.41) is 2.10. The van der Waals surface area contributed by atoms with Crippen LogP contribution < -0.4 is 0 Å². The zero-order chi connectivity index (χ0) is 11.9. The van der Waals surface area contributed by atoms with E-state index in [1.54, 1.807) is 32.7 Å². The average Bonchev–Trinajstić information content (AvgIpc) is 2.83. The molecule has 0 N–H and O–H groups in total. The summed E-state index contributed by atoms with van der Waals surface area (Å²) in [7, 11) is 2.63. The van der Waals surface area contributed by atoms with E-state index in [0.717, 1.165) is 18.2 Å². The van der Waals surface area contributed by atoms with Gasteiger partial charge in [-0.3, -0.25) is 0 Å². The molecule has 3 nitrogen and oxygen atoms in total. The van der Waals surface area contributed by atoms with Crippen LogP contribution in [0.5, 0.6) is 0 Å². The summed E-state index contributed by atoms with van der Waals surface area (Å²) in [5.74, 6) is 1.07. The van der Waals surface area contributed by atoms with E-state index in [2.05, 4.69) is 17.5 Å². The molecule has 1 rings (SSSR count). The Morgan fingerprint density at radius 3 is 2.44 bits per heavy atom. The largest absolute Gasteiger partial charge is 0.500 e. The molecule has 0 bridgehead atoms. The highest BCUT2D eigenvalue weighted by Crippen LogP contribution is 2.25. The Morgan fingerprint density at radius 2 is 1.94 bits per heavy atom. The second-order valence-corrected chi connectivity index (χ2v) is 8.61. The third kappa shape index (κ3) is 4.19. The molecule has 1 heterocycles. The van der Waals surface area contributed by atoms with Crippen LogP contribution in [0.3, 0.4) is 0 Å². The monoisotopic (exact) mass is 278 g/mol. The van der Waals surface area contributed by atoms with E-state index >= 15 is 0 Å². The molecule has 0 aliphatic heterocycles. The van der Waals surface area contributed by atoms with Crippen LogP contribution in [0.4, 0.5) is 0 Å². The molecule has 0 unspecified atom stereocenters. The summed E-state index contributed by atoms with van der Waals surface area (Å²) in [4.78, 5) is 0. The molecule has 0 atom stereocenters. The molecular weight excluding hydrogens is 260 g/mol. The maximum absolute atomic E-state index is 5.36. The van der Waals surface area contributed by atoms with Gasteiger partial charge in [0.1, 0.15) is 0 Å². The van der Waals surface area contributed by atoms with Crippen molar-refractivity contribution in [2.75, 3.05) is 27.1 Å². The quantitative estimate of drug-likeness (QED) is 0.415. The van der Waals surface area contributed by atoms with E-state index in [1.807, 2.05) is 11.8 Å². The molecule has 0 saturated heterocycles. The maximum Gasteiger partial charge on any atom is 0.500 e. The Bertz CT molecular complexity index is 267. The molecule has 0 fully saturated rings. The van der Waals surface area contributed by atoms with E-state index in [0.29, 0.717) is 0 Å². The minimum Gasteiger partial charge on any atom is -0.377 e. The molecule has 0 aliphatic carbocycles. The van der Waals surface area contributed by atoms with E-state index in [1.165, 1.54) is 4.21 Å². The van der Waals surface area contributed by atoms with Gasteiger partial charge in [0.05, 0.1) is 4.21 Å². The van der Waals surface area contributed by atoms with Crippen molar-refractivity contribution in [1.29, 1.82) is 0 Å². The molecule has 6 heteroatoms. The van der Waals surface area contributed by atoms with Crippen LogP contribution in [0.25, 0.3) is 0 Å². The Kier molecular flexibility index (Phi) is 6.63. The van der Waals surface area contributed by atoms with Crippen LogP contribution >= 0.6 is 23.1 Å². The van der Waals surface area contributed by atoms with Crippen molar-refractivity contribution >= 4 is 31.9 Å². The van der Waals surface area contributed by atoms with Crippen molar-refractivity contribution in [3.63, 3.8) is 0 Å². The van der Waals surface area contributed by atoms with Crippen LogP contribution in [0, 0.1) is 0 Å². The molecule has 0 radical (unpaired) electrons. The summed E-state index contributed by atoms with van der Waals surface area (Å²) in [6.07, 6.45) is 1.05. The molecular formula is C10H18O3S2Si. The Hall–Kier alpha value is 0.147. The van der Waals surface area contributed by atoms with Gasteiger partial charge in [-0.1, -0.05) is 6.07 Å². The topological polar surface area (TPSA) is 27.7 Å². The number of hydrogen-bond donors (Lipinski definition) is 0. The Balaban J connectivity index is 2.23. The lowest BCUT2D eigenvalue weighted by molar-refractivity contribution is 0.123. The minimum atomic E-state index is -2.35. The van der Waals surface area contributed by atoms with Crippen LogP contribution in [-0.4, -0.2) is 35.9 Å². The minimum absolute atomic E-state index is 0.870. The van der Waals surface area contributed by atoms with E-state index in [9.17, 15) is 0 Å². The zero-order valence-electron chi connectivity index (χ0n) is 9.89. The van der Waals surface area contributed by atoms with Crippen molar-refractivity contribution in [2.45, 2.75) is 16.7 Å². The van der Waals surface area contributed by atoms with Gasteiger partial charge < -0.3 is 13.3 Å². The number of thiophene rings is 1. The molecule has 0 amide bonds. The molecule has 0 aromatic carbocycles. The highest BCUT2D eigenvalue weighted by atomic mass is 32.2. The summed E-state index contributed by atoms with van der Waals surface area (Å²) in [5.41, 5.74) is 0. The first-order valence-corrected chi connectivity index (χ1v) is 8.88. The fourth-order valence-corrected chi connectivity index (χ4v) is 5.14. The van der Waals surface area contributed by atoms with Crippen molar-refractivity contribution in [3.8, 4) is 0 Å². The molecule has 0 aliphatic rings. The predicted molar refractivity (Wildman–Crippen MR) is 71.2 cm³/mol. The summed E-state index contributed by atoms with van der Waals surface area (Å²) in [6.45, 7) is 0. The van der Waals surface area contributed by atoms with E-state index in [-0.39, 0.29) is 0 Å². The van der Waals surface area contributed by atoms with Gasteiger partial charge in [-0.2, -0.15) is 0 Å². The third-order valence-corrected chi connectivity index (χ3v) is 7.35. The lowest BCUT2D eigenvalue weighted by Gasteiger charge is -2.24. The maximum atomic E-state index is 5.36. The molecule has 0 spiro atoms. The SMILES string of the molecule is CO[Si](CCCSc1cccs1)(OC)OC. The van der Waals surface area contributed by atoms with Gasteiger partial charge in [0.25, 0.3) is 0 Å². The number of rotatable bonds is 8. The third-order valence-electron chi connectivity index (χ3n) is 2.30. The van der Waals surface area contributed by atoms with Crippen molar-refractivity contribution in [1.82, 2.24) is 0 Å². The highest BCUT2D eigenvalue weighted by molar-refractivity contribution is 8.01. The Morgan fingerprint density at radius 1 is 1.25 bits per heavy atom. The van der Waals surface area contributed by atoms with Gasteiger partial charge in [0.2, 0.25) is 0 Å². The van der Waals surface area contributed by atoms with Crippen LogP contribution in [0.2, 0.25) is 6.04 Å². The van der Waals surface area contributed by atoms with Crippen LogP contribution in [0.1, 0.15) is 6.42 Å². The van der Waals surface area contributed by atoms with Gasteiger partial charge >= 0.3 is 8.80 Å². The van der Waals surface area contributed by atoms with Gasteiger partial charge in [0.15, 0.2) is 0 Å². The first kappa shape index (κ1) is 14.2. The normalized spacial score (nSPS) is 11.9. The van der Waals surface area contributed by atoms with Gasteiger partial charge in [-0.05, 0) is 23.6 Å². The summed E-state index contributed by atoms with van der Waals surface area (Å²) < 4.78 is 17.4. The molecule has 92 valence electrons. The second kappa shape index (κ2) is 7.47. The Labute approximate surface area is 106 Å². The fourth-order valence-electron chi connectivity index (χ4n) is 1.36. The predicted octanol–water partition coefficient (Wildman–Crippen LogP) is 3.11. The number of hydrogen-bond acceptors (Lipinski definition) is 5. The van der Waals surface area contributed by atoms with Crippen molar-refractivity contribution in [2.24, 2.45) is 0 Å². The standard InChI is InChI=1S/C10H18O3S2Si/c1-11-16(12-2,13-3)9-5-8-15-10-6-4-7-14-10/h4,6-7H,5,8-9H2,1-3H3.